The Hall–Kier alpha value is -3.12. The van der Waals surface area contributed by atoms with Gasteiger partial charge in [0.2, 0.25) is 0 Å². The van der Waals surface area contributed by atoms with Gasteiger partial charge in [0.25, 0.3) is 0 Å². The second-order valence-electron chi connectivity index (χ2n) is 9.57. The van der Waals surface area contributed by atoms with Crippen LogP contribution >= 0.6 is 0 Å². The highest BCUT2D eigenvalue weighted by atomic mass is 14.0. The predicted octanol–water partition coefficient (Wildman–Crippen LogP) is 10.5. The molecule has 0 bridgehead atoms. The van der Waals surface area contributed by atoms with Crippen molar-refractivity contribution in [3.05, 3.63) is 141 Å². The summed E-state index contributed by atoms with van der Waals surface area (Å²) in [7, 11) is 0. The van der Waals surface area contributed by atoms with Crippen molar-refractivity contribution in [2.45, 2.75) is 76.7 Å². The minimum Gasteiger partial charge on any atom is -0.0776 e. The first-order chi connectivity index (χ1) is 16.0. The van der Waals surface area contributed by atoms with Gasteiger partial charge in [-0.1, -0.05) is 137 Å². The minimum absolute atomic E-state index is 0. The van der Waals surface area contributed by atoms with E-state index in [9.17, 15) is 0 Å². The number of rotatable bonds is 0. The summed E-state index contributed by atoms with van der Waals surface area (Å²) in [6.07, 6.45) is 0. The quantitative estimate of drug-likeness (QED) is 0.241. The first-order valence-corrected chi connectivity index (χ1v) is 12.1. The molecule has 4 aromatic carbocycles. The maximum Gasteiger partial charge on any atom is -0.0395 e. The molecule has 0 amide bonds. The zero-order chi connectivity index (χ0) is 25.7. The zero-order valence-corrected chi connectivity index (χ0v) is 23.1. The van der Waals surface area contributed by atoms with Crippen LogP contribution in [0.5, 0.6) is 0 Å². The first kappa shape index (κ1) is 31.9. The minimum atomic E-state index is 0. The molecule has 0 saturated heterocycles. The highest BCUT2D eigenvalue weighted by Crippen LogP contribution is 2.08. The molecule has 0 saturated carbocycles. The average molecular weight is 469 g/mol. The summed E-state index contributed by atoms with van der Waals surface area (Å²) in [5.41, 5.74) is 13.5. The summed E-state index contributed by atoms with van der Waals surface area (Å²) in [6, 6.07) is 30.0. The number of aryl methyl sites for hydroxylation is 10. The molecule has 0 aliphatic carbocycles. The molecule has 0 aromatic heterocycles. The van der Waals surface area contributed by atoms with Gasteiger partial charge in [-0.2, -0.15) is 0 Å². The predicted molar refractivity (Wildman–Crippen MR) is 160 cm³/mol. The van der Waals surface area contributed by atoms with E-state index in [1.807, 2.05) is 0 Å². The summed E-state index contributed by atoms with van der Waals surface area (Å²) in [6.45, 7) is 21.2. The van der Waals surface area contributed by atoms with Crippen molar-refractivity contribution in [1.82, 2.24) is 0 Å². The third kappa shape index (κ3) is 14.7. The molecular formula is C35H48. The second-order valence-corrected chi connectivity index (χ2v) is 9.57. The van der Waals surface area contributed by atoms with E-state index in [0.29, 0.717) is 0 Å². The van der Waals surface area contributed by atoms with Gasteiger partial charge in [0.1, 0.15) is 0 Å². The molecule has 0 unspecified atom stereocenters. The van der Waals surface area contributed by atoms with Crippen molar-refractivity contribution in [3.63, 3.8) is 0 Å². The summed E-state index contributed by atoms with van der Waals surface area (Å²) < 4.78 is 0. The molecule has 4 rings (SSSR count). The third-order valence-electron chi connectivity index (χ3n) is 5.42. The van der Waals surface area contributed by atoms with Gasteiger partial charge >= 0.3 is 0 Å². The smallest absolute Gasteiger partial charge is 0.0395 e. The van der Waals surface area contributed by atoms with Gasteiger partial charge in [0.15, 0.2) is 0 Å². The van der Waals surface area contributed by atoms with Gasteiger partial charge < -0.3 is 0 Å². The van der Waals surface area contributed by atoms with Crippen molar-refractivity contribution in [1.29, 1.82) is 0 Å². The molecule has 0 nitrogen and oxygen atoms in total. The van der Waals surface area contributed by atoms with Gasteiger partial charge in [-0.05, 0) is 80.4 Å². The summed E-state index contributed by atoms with van der Waals surface area (Å²) >= 11 is 0. The molecule has 0 spiro atoms. The van der Waals surface area contributed by atoms with Gasteiger partial charge in [-0.3, -0.25) is 0 Å². The molecule has 0 fully saturated rings. The molecule has 0 aliphatic rings. The van der Waals surface area contributed by atoms with Gasteiger partial charge in [0.05, 0.1) is 0 Å². The van der Waals surface area contributed by atoms with Crippen LogP contribution in [0.4, 0.5) is 0 Å². The van der Waals surface area contributed by atoms with Crippen molar-refractivity contribution < 1.29 is 0 Å². The third-order valence-corrected chi connectivity index (χ3v) is 5.42. The van der Waals surface area contributed by atoms with Crippen molar-refractivity contribution >= 4 is 0 Å². The Morgan fingerprint density at radius 1 is 0.286 bits per heavy atom. The lowest BCUT2D eigenvalue weighted by Gasteiger charge is -1.98. The van der Waals surface area contributed by atoms with E-state index in [2.05, 4.69) is 154 Å². The van der Waals surface area contributed by atoms with Crippen LogP contribution in [0.2, 0.25) is 0 Å². The Balaban J connectivity index is 0.000000437. The van der Waals surface area contributed by atoms with Crippen LogP contribution in [0.15, 0.2) is 84.9 Å². The Morgan fingerprint density at radius 3 is 0.886 bits per heavy atom. The van der Waals surface area contributed by atoms with E-state index in [4.69, 9.17) is 0 Å². The normalized spacial score (nSPS) is 9.20. The Bertz CT molecular complexity index is 1040. The summed E-state index contributed by atoms with van der Waals surface area (Å²) in [5.74, 6) is 0. The van der Waals surface area contributed by atoms with Crippen LogP contribution in [0.3, 0.4) is 0 Å². The molecule has 0 heterocycles. The number of benzene rings is 4. The molecule has 35 heavy (non-hydrogen) atoms. The fraction of sp³-hybridized carbons (Fsp3) is 0.314. The van der Waals surface area contributed by atoms with Gasteiger partial charge in [-0.15, -0.1) is 0 Å². The highest BCUT2D eigenvalue weighted by molar-refractivity contribution is 5.29. The maximum atomic E-state index is 2.20. The largest absolute Gasteiger partial charge is 0.0776 e. The lowest BCUT2D eigenvalue weighted by molar-refractivity contribution is 1.30. The summed E-state index contributed by atoms with van der Waals surface area (Å²) in [4.78, 5) is 0. The van der Waals surface area contributed by atoms with E-state index < -0.39 is 0 Å². The topological polar surface area (TPSA) is 0 Å². The van der Waals surface area contributed by atoms with Crippen LogP contribution in [0, 0.1) is 69.2 Å². The van der Waals surface area contributed by atoms with E-state index in [0.717, 1.165) is 0 Å². The van der Waals surface area contributed by atoms with E-state index in [-0.39, 0.29) is 7.43 Å². The summed E-state index contributed by atoms with van der Waals surface area (Å²) in [5, 5.41) is 0. The van der Waals surface area contributed by atoms with Gasteiger partial charge in [0, 0.05) is 0 Å². The first-order valence-electron chi connectivity index (χ1n) is 12.1. The highest BCUT2D eigenvalue weighted by Gasteiger charge is 1.89. The van der Waals surface area contributed by atoms with Crippen LogP contribution in [-0.4, -0.2) is 0 Å². The fourth-order valence-electron chi connectivity index (χ4n) is 3.54. The molecule has 0 heteroatoms. The molecule has 0 aliphatic heterocycles. The molecule has 188 valence electrons. The van der Waals surface area contributed by atoms with Crippen LogP contribution in [0.25, 0.3) is 0 Å². The van der Waals surface area contributed by atoms with Gasteiger partial charge in [-0.25, -0.2) is 0 Å². The van der Waals surface area contributed by atoms with Crippen LogP contribution < -0.4 is 0 Å². The van der Waals surface area contributed by atoms with Crippen LogP contribution in [-0.2, 0) is 0 Å². The molecule has 0 N–H and O–H groups in total. The SMILES string of the molecule is C.Cc1cc(C)cc(C)c1.Cc1ccc(C)c(C)c1.Cc1ccc(C)cc1.Cc1cccc(C)c1. The monoisotopic (exact) mass is 468 g/mol. The Morgan fingerprint density at radius 2 is 0.600 bits per heavy atom. The molecule has 0 radical (unpaired) electrons. The van der Waals surface area contributed by atoms with Crippen molar-refractivity contribution in [3.8, 4) is 0 Å². The fourth-order valence-corrected chi connectivity index (χ4v) is 3.54. The number of hydrogen-bond donors (Lipinski definition) is 0. The zero-order valence-electron chi connectivity index (χ0n) is 23.1. The molecule has 4 aromatic rings. The average Bonchev–Trinajstić information content (AvgIpc) is 2.73. The van der Waals surface area contributed by atoms with E-state index in [1.165, 1.54) is 55.6 Å². The Labute approximate surface area is 217 Å². The number of hydrogen-bond acceptors (Lipinski definition) is 0. The second kappa shape index (κ2) is 16.5. The molecular weight excluding hydrogens is 420 g/mol. The van der Waals surface area contributed by atoms with Crippen molar-refractivity contribution in [2.24, 2.45) is 0 Å². The van der Waals surface area contributed by atoms with E-state index in [1.54, 1.807) is 0 Å². The molecule has 0 atom stereocenters. The van der Waals surface area contributed by atoms with E-state index >= 15 is 0 Å². The van der Waals surface area contributed by atoms with Crippen LogP contribution in [0.1, 0.15) is 63.1 Å². The van der Waals surface area contributed by atoms with Crippen molar-refractivity contribution in [2.75, 3.05) is 0 Å². The standard InChI is InChI=1S/2C9H12.2C8H10.CH4/c1-7-4-8(2)6-9(3)5-7;1-7-4-5-8(2)9(3)6-7;1-7-3-5-8(2)6-4-7;1-7-4-3-5-8(2)6-7;/h2*4-6H,1-3H3;2*3-6H,1-2H3;1H4. The lowest BCUT2D eigenvalue weighted by atomic mass is 10.1. The Kier molecular flexibility index (Phi) is 15.0. The lowest BCUT2D eigenvalue weighted by Crippen LogP contribution is -1.79. The maximum absolute atomic E-state index is 2.20.